The lowest BCUT2D eigenvalue weighted by Crippen LogP contribution is -2.24. The Morgan fingerprint density at radius 3 is 2.82 bits per heavy atom. The number of H-pyrrole nitrogens is 1. The first-order chi connectivity index (χ1) is 10.6. The van der Waals surface area contributed by atoms with E-state index in [9.17, 15) is 9.59 Å². The van der Waals surface area contributed by atoms with Gasteiger partial charge in [-0.25, -0.2) is 14.3 Å². The number of unbranched alkanes of at least 4 members (excludes halogenated alkanes) is 1. The molecule has 0 radical (unpaired) electrons. The molecule has 0 aromatic carbocycles. The van der Waals surface area contributed by atoms with Gasteiger partial charge in [-0.2, -0.15) is 0 Å². The maximum absolute atomic E-state index is 12.5. The highest BCUT2D eigenvalue weighted by Crippen LogP contribution is 2.13. The summed E-state index contributed by atoms with van der Waals surface area (Å²) in [6.45, 7) is 3.91. The van der Waals surface area contributed by atoms with Crippen LogP contribution in [0.4, 0.5) is 0 Å². The zero-order valence-corrected chi connectivity index (χ0v) is 12.9. The normalized spacial score (nSPS) is 11.0. The molecule has 0 aliphatic rings. The third-order valence-corrected chi connectivity index (χ3v) is 3.47. The lowest BCUT2D eigenvalue weighted by Gasteiger charge is -2.08. The predicted octanol–water partition coefficient (Wildman–Crippen LogP) is 1.08. The third kappa shape index (κ3) is 3.04. The van der Waals surface area contributed by atoms with Gasteiger partial charge in [-0.3, -0.25) is 9.89 Å². The molecule has 120 valence electrons. The van der Waals surface area contributed by atoms with Gasteiger partial charge in [0.2, 0.25) is 0 Å². The topological polar surface area (TPSA) is 96.7 Å². The first-order valence-electron chi connectivity index (χ1n) is 7.53. The molecular weight excluding hydrogens is 286 g/mol. The minimum absolute atomic E-state index is 0.118. The molecule has 0 amide bonds. The van der Waals surface area contributed by atoms with E-state index < -0.39 is 5.97 Å². The Labute approximate surface area is 127 Å². The summed E-state index contributed by atoms with van der Waals surface area (Å²) in [5, 5.41) is 11.9. The van der Waals surface area contributed by atoms with Gasteiger partial charge in [0.05, 0.1) is 12.3 Å². The second-order valence-corrected chi connectivity index (χ2v) is 4.99. The molecule has 0 atom stereocenters. The van der Waals surface area contributed by atoms with Crippen molar-refractivity contribution < 1.29 is 14.6 Å². The van der Waals surface area contributed by atoms with Gasteiger partial charge in [0.1, 0.15) is 5.56 Å². The van der Waals surface area contributed by atoms with E-state index in [0.29, 0.717) is 17.7 Å². The molecule has 0 saturated heterocycles. The highest BCUT2D eigenvalue weighted by molar-refractivity contribution is 5.95. The molecule has 0 unspecified atom stereocenters. The number of aliphatic hydroxyl groups excluding tert-OH is 1. The van der Waals surface area contributed by atoms with Gasteiger partial charge in [0.25, 0.3) is 5.56 Å². The fourth-order valence-corrected chi connectivity index (χ4v) is 2.37. The van der Waals surface area contributed by atoms with E-state index in [1.165, 1.54) is 10.7 Å². The average molecular weight is 307 g/mol. The number of aromatic amines is 1. The van der Waals surface area contributed by atoms with Crippen molar-refractivity contribution in [3.05, 3.63) is 33.4 Å². The van der Waals surface area contributed by atoms with Crippen molar-refractivity contribution in [2.75, 3.05) is 13.2 Å². The second kappa shape index (κ2) is 7.22. The number of aryl methyl sites for hydroxylation is 1. The van der Waals surface area contributed by atoms with Crippen molar-refractivity contribution in [1.29, 1.82) is 0 Å². The predicted molar refractivity (Wildman–Crippen MR) is 81.2 cm³/mol. The maximum Gasteiger partial charge on any atom is 0.343 e. The van der Waals surface area contributed by atoms with Crippen molar-refractivity contribution in [3.8, 4) is 0 Å². The number of rotatable bonds is 7. The van der Waals surface area contributed by atoms with E-state index in [0.717, 1.165) is 12.8 Å². The van der Waals surface area contributed by atoms with Gasteiger partial charge in [-0.1, -0.05) is 13.3 Å². The standard InChI is InChI=1S/C15H21N3O4/c1-3-5-6-12-10(7-8-19)14(20)18-13(17-12)11(9-16-18)15(21)22-4-2/h9,16,19H,3-8H2,1-2H3. The molecule has 2 heterocycles. The van der Waals surface area contributed by atoms with Crippen LogP contribution in [-0.2, 0) is 17.6 Å². The maximum atomic E-state index is 12.5. The van der Waals surface area contributed by atoms with E-state index in [-0.39, 0.29) is 36.4 Å². The van der Waals surface area contributed by atoms with E-state index in [1.54, 1.807) is 6.92 Å². The molecule has 7 heteroatoms. The fraction of sp³-hybridized carbons (Fsp3) is 0.533. The summed E-state index contributed by atoms with van der Waals surface area (Å²) in [7, 11) is 0. The van der Waals surface area contributed by atoms with Crippen molar-refractivity contribution in [2.45, 2.75) is 39.5 Å². The zero-order valence-electron chi connectivity index (χ0n) is 12.9. The molecule has 0 bridgehead atoms. The van der Waals surface area contributed by atoms with Crippen LogP contribution < -0.4 is 5.56 Å². The number of carbonyl (C=O) groups excluding carboxylic acids is 1. The first-order valence-corrected chi connectivity index (χ1v) is 7.53. The number of nitrogens with zero attached hydrogens (tertiary/aromatic N) is 2. The number of ether oxygens (including phenoxy) is 1. The second-order valence-electron chi connectivity index (χ2n) is 4.99. The van der Waals surface area contributed by atoms with E-state index in [2.05, 4.69) is 17.0 Å². The Morgan fingerprint density at radius 1 is 1.41 bits per heavy atom. The number of aliphatic hydroxyl groups is 1. The van der Waals surface area contributed by atoms with Crippen LogP contribution in [0.15, 0.2) is 11.0 Å². The van der Waals surface area contributed by atoms with Crippen molar-refractivity contribution in [1.82, 2.24) is 14.6 Å². The minimum Gasteiger partial charge on any atom is -0.462 e. The molecule has 2 aromatic rings. The molecule has 0 saturated carbocycles. The van der Waals surface area contributed by atoms with E-state index in [1.807, 2.05) is 0 Å². The van der Waals surface area contributed by atoms with E-state index in [4.69, 9.17) is 9.84 Å². The molecule has 0 aliphatic heterocycles. The van der Waals surface area contributed by atoms with Crippen LogP contribution in [0, 0.1) is 0 Å². The van der Waals surface area contributed by atoms with Crippen molar-refractivity contribution in [3.63, 3.8) is 0 Å². The fourth-order valence-electron chi connectivity index (χ4n) is 2.37. The first kappa shape index (κ1) is 16.2. The van der Waals surface area contributed by atoms with Crippen LogP contribution in [0.3, 0.4) is 0 Å². The molecule has 2 N–H and O–H groups in total. The minimum atomic E-state index is -0.510. The Kier molecular flexibility index (Phi) is 5.32. The van der Waals surface area contributed by atoms with Crippen LogP contribution in [0.1, 0.15) is 48.3 Å². The molecule has 0 aliphatic carbocycles. The quantitative estimate of drug-likeness (QED) is 0.746. The molecule has 22 heavy (non-hydrogen) atoms. The van der Waals surface area contributed by atoms with Crippen molar-refractivity contribution >= 4 is 11.6 Å². The average Bonchev–Trinajstić information content (AvgIpc) is 2.92. The largest absolute Gasteiger partial charge is 0.462 e. The number of aromatic nitrogens is 3. The Bertz CT molecular complexity index is 717. The number of esters is 1. The zero-order chi connectivity index (χ0) is 16.1. The van der Waals surface area contributed by atoms with Gasteiger partial charge in [-0.05, 0) is 19.8 Å². The summed E-state index contributed by atoms with van der Waals surface area (Å²) < 4.78 is 6.21. The monoisotopic (exact) mass is 307 g/mol. The van der Waals surface area contributed by atoms with Gasteiger partial charge >= 0.3 is 5.97 Å². The number of carbonyl (C=O) groups is 1. The van der Waals surface area contributed by atoms with Crippen LogP contribution in [0.2, 0.25) is 0 Å². The highest BCUT2D eigenvalue weighted by Gasteiger charge is 2.19. The molecule has 2 rings (SSSR count). The summed E-state index contributed by atoms with van der Waals surface area (Å²) in [4.78, 5) is 28.9. The Morgan fingerprint density at radius 2 is 2.18 bits per heavy atom. The molecule has 7 nitrogen and oxygen atoms in total. The van der Waals surface area contributed by atoms with Crippen LogP contribution in [0.5, 0.6) is 0 Å². The number of hydrogen-bond donors (Lipinski definition) is 2. The summed E-state index contributed by atoms with van der Waals surface area (Å²) in [6.07, 6.45) is 4.18. The van der Waals surface area contributed by atoms with Crippen LogP contribution in [0.25, 0.3) is 5.65 Å². The van der Waals surface area contributed by atoms with Crippen molar-refractivity contribution in [2.24, 2.45) is 0 Å². The molecule has 2 aromatic heterocycles. The highest BCUT2D eigenvalue weighted by atomic mass is 16.5. The lowest BCUT2D eigenvalue weighted by atomic mass is 10.1. The van der Waals surface area contributed by atoms with Crippen LogP contribution >= 0.6 is 0 Å². The molecule has 0 fully saturated rings. The number of fused-ring (bicyclic) bond motifs is 1. The SMILES string of the molecule is CCCCc1nc2c(C(=O)OCC)c[nH]n2c(=O)c1CCO. The van der Waals surface area contributed by atoms with Gasteiger partial charge in [0, 0.05) is 24.8 Å². The van der Waals surface area contributed by atoms with Gasteiger partial charge < -0.3 is 9.84 Å². The summed E-state index contributed by atoms with van der Waals surface area (Å²) in [6, 6.07) is 0. The number of hydrogen-bond acceptors (Lipinski definition) is 5. The summed E-state index contributed by atoms with van der Waals surface area (Å²) in [5.74, 6) is -0.510. The van der Waals surface area contributed by atoms with E-state index >= 15 is 0 Å². The Balaban J connectivity index is 2.59. The Hall–Kier alpha value is -2.15. The van der Waals surface area contributed by atoms with Gasteiger partial charge in [-0.15, -0.1) is 0 Å². The lowest BCUT2D eigenvalue weighted by molar-refractivity contribution is 0.0528. The summed E-state index contributed by atoms with van der Waals surface area (Å²) >= 11 is 0. The molecular formula is C15H21N3O4. The van der Waals surface area contributed by atoms with Crippen LogP contribution in [-0.4, -0.2) is 38.9 Å². The smallest absolute Gasteiger partial charge is 0.343 e. The van der Waals surface area contributed by atoms with Gasteiger partial charge in [0.15, 0.2) is 5.65 Å². The third-order valence-electron chi connectivity index (χ3n) is 3.47. The number of nitrogens with one attached hydrogen (secondary N) is 1. The summed E-state index contributed by atoms with van der Waals surface area (Å²) in [5.41, 5.74) is 1.38. The molecule has 0 spiro atoms.